The van der Waals surface area contributed by atoms with Crippen LogP contribution in [0.5, 0.6) is 0 Å². The van der Waals surface area contributed by atoms with Crippen molar-refractivity contribution in [1.29, 1.82) is 0 Å². The monoisotopic (exact) mass is 138 g/mol. The highest BCUT2D eigenvalue weighted by atomic mass is 16.5. The molecule has 3 nitrogen and oxygen atoms in total. The first-order valence-corrected chi connectivity index (χ1v) is 2.81. The van der Waals surface area contributed by atoms with Crippen LogP contribution >= 0.6 is 0 Å². The molecule has 0 saturated heterocycles. The van der Waals surface area contributed by atoms with Crippen LogP contribution in [-0.2, 0) is 14.3 Å². The first-order valence-electron chi connectivity index (χ1n) is 2.81. The molecule has 10 heavy (non-hydrogen) atoms. The molecule has 52 valence electrons. The van der Waals surface area contributed by atoms with Gasteiger partial charge in [-0.3, -0.25) is 9.59 Å². The lowest BCUT2D eigenvalue weighted by Crippen LogP contribution is -2.17. The topological polar surface area (TPSA) is 43.4 Å². The van der Waals surface area contributed by atoms with Crippen molar-refractivity contribution in [1.82, 2.24) is 0 Å². The van der Waals surface area contributed by atoms with Gasteiger partial charge in [0.2, 0.25) is 0 Å². The van der Waals surface area contributed by atoms with E-state index in [2.05, 4.69) is 0 Å². The standard InChI is InChI=1S/C7H6O3/c8-4-6-2-1-3-10-7(6)5-9/h1-5,7H. The van der Waals surface area contributed by atoms with E-state index in [0.29, 0.717) is 18.1 Å². The number of hydrogen-bond acceptors (Lipinski definition) is 3. The summed E-state index contributed by atoms with van der Waals surface area (Å²) in [4.78, 5) is 20.4. The van der Waals surface area contributed by atoms with Crippen LogP contribution in [0.25, 0.3) is 0 Å². The lowest BCUT2D eigenvalue weighted by molar-refractivity contribution is -0.116. The molecule has 0 fully saturated rings. The molecule has 1 rings (SSSR count). The van der Waals surface area contributed by atoms with Crippen molar-refractivity contribution in [3.8, 4) is 0 Å². The fourth-order valence-corrected chi connectivity index (χ4v) is 0.671. The number of carbonyl (C=O) groups is 2. The maximum absolute atomic E-state index is 10.2. The minimum absolute atomic E-state index is 0.359. The fraction of sp³-hybridized carbons (Fsp3) is 0.143. The zero-order chi connectivity index (χ0) is 7.40. The first-order chi connectivity index (χ1) is 4.88. The number of rotatable bonds is 2. The fourth-order valence-electron chi connectivity index (χ4n) is 0.671. The van der Waals surface area contributed by atoms with Crippen LogP contribution in [0.2, 0.25) is 0 Å². The molecule has 0 N–H and O–H groups in total. The van der Waals surface area contributed by atoms with Crippen molar-refractivity contribution >= 4 is 12.6 Å². The molecule has 0 bridgehead atoms. The lowest BCUT2D eigenvalue weighted by atomic mass is 10.1. The van der Waals surface area contributed by atoms with E-state index in [4.69, 9.17) is 4.74 Å². The zero-order valence-electron chi connectivity index (χ0n) is 5.19. The summed E-state index contributed by atoms with van der Waals surface area (Å²) in [5, 5.41) is 0. The molecule has 0 radical (unpaired) electrons. The summed E-state index contributed by atoms with van der Waals surface area (Å²) in [6.07, 6.45) is 5.00. The molecule has 0 spiro atoms. The van der Waals surface area contributed by atoms with Crippen molar-refractivity contribution in [2.45, 2.75) is 6.10 Å². The summed E-state index contributed by atoms with van der Waals surface area (Å²) in [5.74, 6) is 0. The van der Waals surface area contributed by atoms with Gasteiger partial charge in [0.1, 0.15) is 6.29 Å². The predicted octanol–water partition coefficient (Wildman–Crippen LogP) is 0.223. The Balaban J connectivity index is 2.79. The largest absolute Gasteiger partial charge is 0.486 e. The van der Waals surface area contributed by atoms with Gasteiger partial charge in [0.05, 0.1) is 6.26 Å². The highest BCUT2D eigenvalue weighted by Crippen LogP contribution is 2.07. The molecule has 0 aromatic rings. The minimum Gasteiger partial charge on any atom is -0.486 e. The zero-order valence-corrected chi connectivity index (χ0v) is 5.19. The van der Waals surface area contributed by atoms with Crippen LogP contribution in [0.3, 0.4) is 0 Å². The molecule has 1 heterocycles. The van der Waals surface area contributed by atoms with E-state index >= 15 is 0 Å². The Hall–Kier alpha value is -1.38. The quantitative estimate of drug-likeness (QED) is 0.513. The normalized spacial score (nSPS) is 22.8. The third-order valence-electron chi connectivity index (χ3n) is 1.18. The Kier molecular flexibility index (Phi) is 1.99. The maximum Gasteiger partial charge on any atom is 0.181 e. The Morgan fingerprint density at radius 2 is 2.30 bits per heavy atom. The van der Waals surface area contributed by atoms with Gasteiger partial charge >= 0.3 is 0 Å². The van der Waals surface area contributed by atoms with E-state index in [1.807, 2.05) is 0 Å². The summed E-state index contributed by atoms with van der Waals surface area (Å²) in [6, 6.07) is 0. The van der Waals surface area contributed by atoms with Crippen LogP contribution in [-0.4, -0.2) is 18.7 Å². The van der Waals surface area contributed by atoms with Crippen molar-refractivity contribution < 1.29 is 14.3 Å². The van der Waals surface area contributed by atoms with Crippen molar-refractivity contribution in [2.75, 3.05) is 0 Å². The maximum atomic E-state index is 10.2. The molecular formula is C7H6O3. The molecule has 0 aromatic heterocycles. The summed E-state index contributed by atoms with van der Waals surface area (Å²) in [5.41, 5.74) is 0.359. The van der Waals surface area contributed by atoms with Crippen LogP contribution in [0.4, 0.5) is 0 Å². The van der Waals surface area contributed by atoms with Gasteiger partial charge < -0.3 is 4.74 Å². The number of allylic oxidation sites excluding steroid dienone is 2. The molecule has 0 aromatic carbocycles. The Morgan fingerprint density at radius 3 is 2.80 bits per heavy atom. The van der Waals surface area contributed by atoms with Gasteiger partial charge in [-0.15, -0.1) is 0 Å². The highest BCUT2D eigenvalue weighted by molar-refractivity contribution is 5.83. The number of carbonyl (C=O) groups excluding carboxylic acids is 2. The number of aldehydes is 2. The third-order valence-corrected chi connectivity index (χ3v) is 1.18. The lowest BCUT2D eigenvalue weighted by Gasteiger charge is -2.11. The van der Waals surface area contributed by atoms with Gasteiger partial charge in [-0.25, -0.2) is 0 Å². The van der Waals surface area contributed by atoms with Gasteiger partial charge in [-0.05, 0) is 12.2 Å². The smallest absolute Gasteiger partial charge is 0.181 e. The second kappa shape index (κ2) is 2.96. The summed E-state index contributed by atoms with van der Waals surface area (Å²) in [7, 11) is 0. The predicted molar refractivity (Wildman–Crippen MR) is 34.2 cm³/mol. The molecule has 0 amide bonds. The van der Waals surface area contributed by atoms with Gasteiger partial charge in [-0.1, -0.05) is 0 Å². The van der Waals surface area contributed by atoms with Crippen LogP contribution < -0.4 is 0 Å². The minimum atomic E-state index is -0.706. The van der Waals surface area contributed by atoms with E-state index in [9.17, 15) is 9.59 Å². The Morgan fingerprint density at radius 1 is 1.50 bits per heavy atom. The summed E-state index contributed by atoms with van der Waals surface area (Å²) >= 11 is 0. The average molecular weight is 138 g/mol. The van der Waals surface area contributed by atoms with Gasteiger partial charge in [0.15, 0.2) is 12.4 Å². The molecular weight excluding hydrogens is 132 g/mol. The SMILES string of the molecule is O=CC1=CC=COC1C=O. The first kappa shape index (κ1) is 6.74. The van der Waals surface area contributed by atoms with E-state index < -0.39 is 6.10 Å². The van der Waals surface area contributed by atoms with Crippen molar-refractivity contribution in [2.24, 2.45) is 0 Å². The Bertz CT molecular complexity index is 203. The third kappa shape index (κ3) is 1.13. The highest BCUT2D eigenvalue weighted by Gasteiger charge is 2.13. The average Bonchev–Trinajstić information content (AvgIpc) is 2.04. The molecule has 1 aliphatic rings. The van der Waals surface area contributed by atoms with Crippen molar-refractivity contribution in [3.63, 3.8) is 0 Å². The Labute approximate surface area is 58.0 Å². The van der Waals surface area contributed by atoms with E-state index in [0.717, 1.165) is 0 Å². The van der Waals surface area contributed by atoms with Gasteiger partial charge in [0, 0.05) is 5.57 Å². The van der Waals surface area contributed by atoms with E-state index in [-0.39, 0.29) is 0 Å². The van der Waals surface area contributed by atoms with Crippen molar-refractivity contribution in [3.05, 3.63) is 24.0 Å². The van der Waals surface area contributed by atoms with Gasteiger partial charge in [0.25, 0.3) is 0 Å². The second-order valence-corrected chi connectivity index (χ2v) is 1.81. The summed E-state index contributed by atoms with van der Waals surface area (Å²) in [6.45, 7) is 0. The summed E-state index contributed by atoms with van der Waals surface area (Å²) < 4.78 is 4.78. The molecule has 1 aliphatic heterocycles. The number of hydrogen-bond donors (Lipinski definition) is 0. The molecule has 3 heteroatoms. The van der Waals surface area contributed by atoms with Crippen LogP contribution in [0.15, 0.2) is 24.0 Å². The molecule has 0 saturated carbocycles. The second-order valence-electron chi connectivity index (χ2n) is 1.81. The molecule has 0 aliphatic carbocycles. The van der Waals surface area contributed by atoms with Crippen LogP contribution in [0.1, 0.15) is 0 Å². The van der Waals surface area contributed by atoms with E-state index in [1.165, 1.54) is 6.26 Å². The van der Waals surface area contributed by atoms with Crippen LogP contribution in [0, 0.1) is 0 Å². The van der Waals surface area contributed by atoms with E-state index in [1.54, 1.807) is 12.2 Å². The molecule has 1 atom stereocenters. The van der Waals surface area contributed by atoms with Gasteiger partial charge in [-0.2, -0.15) is 0 Å². The number of ether oxygens (including phenoxy) is 1. The molecule has 1 unspecified atom stereocenters.